The van der Waals surface area contributed by atoms with Crippen LogP contribution in [0.4, 0.5) is 0 Å². The van der Waals surface area contributed by atoms with E-state index in [0.29, 0.717) is 17.3 Å². The molecule has 0 aliphatic carbocycles. The topological polar surface area (TPSA) is 0 Å². The lowest BCUT2D eigenvalue weighted by molar-refractivity contribution is 0.206. The van der Waals surface area contributed by atoms with Crippen molar-refractivity contribution in [2.24, 2.45) is 17.3 Å². The van der Waals surface area contributed by atoms with E-state index in [0.717, 1.165) is 12.8 Å². The molecule has 0 fully saturated rings. The zero-order chi connectivity index (χ0) is 15.6. The number of hydrogen-bond acceptors (Lipinski definition) is 0. The Balaban J connectivity index is 4.59. The summed E-state index contributed by atoms with van der Waals surface area (Å²) in [6, 6.07) is 0. The Kier molecular flexibility index (Phi) is 9.98. The Morgan fingerprint density at radius 3 is 2.20 bits per heavy atom. The fourth-order valence-electron chi connectivity index (χ4n) is 2.76. The van der Waals surface area contributed by atoms with E-state index in [1.165, 1.54) is 25.7 Å². The summed E-state index contributed by atoms with van der Waals surface area (Å²) in [7, 11) is 0. The van der Waals surface area contributed by atoms with Crippen molar-refractivity contribution in [1.82, 2.24) is 0 Å². The van der Waals surface area contributed by atoms with E-state index in [4.69, 9.17) is 0 Å². The van der Waals surface area contributed by atoms with Gasteiger partial charge in [-0.25, -0.2) is 0 Å². The maximum Gasteiger partial charge on any atom is -0.0136 e. The van der Waals surface area contributed by atoms with E-state index < -0.39 is 0 Å². The van der Waals surface area contributed by atoms with Gasteiger partial charge >= 0.3 is 0 Å². The summed E-state index contributed by atoms with van der Waals surface area (Å²) in [6.07, 6.45) is 14.8. The molecule has 2 atom stereocenters. The van der Waals surface area contributed by atoms with Crippen LogP contribution >= 0.6 is 0 Å². The molecule has 0 aliphatic rings. The third kappa shape index (κ3) is 6.77. The highest BCUT2D eigenvalue weighted by molar-refractivity contribution is 5.10. The molecule has 0 spiro atoms. The smallest absolute Gasteiger partial charge is 0.0136 e. The van der Waals surface area contributed by atoms with Crippen LogP contribution in [-0.2, 0) is 0 Å². The van der Waals surface area contributed by atoms with Crippen molar-refractivity contribution in [3.63, 3.8) is 0 Å². The second-order valence-corrected chi connectivity index (χ2v) is 6.87. The van der Waals surface area contributed by atoms with Crippen LogP contribution in [0.15, 0.2) is 23.8 Å². The van der Waals surface area contributed by atoms with Crippen LogP contribution in [0.3, 0.4) is 0 Å². The van der Waals surface area contributed by atoms with Crippen LogP contribution in [0.25, 0.3) is 0 Å². The molecule has 0 heteroatoms. The lowest BCUT2D eigenvalue weighted by Crippen LogP contribution is -2.23. The minimum absolute atomic E-state index is 0.471. The summed E-state index contributed by atoms with van der Waals surface area (Å²) >= 11 is 0. The van der Waals surface area contributed by atoms with Crippen LogP contribution in [0.2, 0.25) is 0 Å². The van der Waals surface area contributed by atoms with Gasteiger partial charge in [0.25, 0.3) is 0 Å². The van der Waals surface area contributed by atoms with Gasteiger partial charge in [0.2, 0.25) is 0 Å². The van der Waals surface area contributed by atoms with Crippen LogP contribution in [0.1, 0.15) is 87.0 Å². The molecule has 0 heterocycles. The molecule has 0 N–H and O–H groups in total. The highest BCUT2D eigenvalue weighted by Gasteiger charge is 2.26. The fourth-order valence-corrected chi connectivity index (χ4v) is 2.76. The van der Waals surface area contributed by atoms with Crippen molar-refractivity contribution in [3.8, 4) is 0 Å². The second-order valence-electron chi connectivity index (χ2n) is 6.87. The quantitative estimate of drug-likeness (QED) is 0.372. The van der Waals surface area contributed by atoms with Gasteiger partial charge in [0.15, 0.2) is 0 Å². The highest BCUT2D eigenvalue weighted by Crippen LogP contribution is 2.37. The first-order chi connectivity index (χ1) is 9.41. The van der Waals surface area contributed by atoms with Crippen molar-refractivity contribution < 1.29 is 0 Å². The minimum atomic E-state index is 0.471. The minimum Gasteiger partial charge on any atom is -0.0850 e. The molecule has 0 saturated carbocycles. The number of hydrogen-bond donors (Lipinski definition) is 0. The third-order valence-electron chi connectivity index (χ3n) is 4.99. The average molecular weight is 279 g/mol. The van der Waals surface area contributed by atoms with E-state index >= 15 is 0 Å². The largest absolute Gasteiger partial charge is 0.0850 e. The van der Waals surface area contributed by atoms with Gasteiger partial charge in [-0.1, -0.05) is 91.5 Å². The highest BCUT2D eigenvalue weighted by atomic mass is 14.3. The Labute approximate surface area is 128 Å². The normalized spacial score (nSPS) is 17.7. The van der Waals surface area contributed by atoms with E-state index in [-0.39, 0.29) is 0 Å². The Morgan fingerprint density at radius 2 is 1.75 bits per heavy atom. The Morgan fingerprint density at radius 1 is 1.10 bits per heavy atom. The molecule has 118 valence electrons. The van der Waals surface area contributed by atoms with Gasteiger partial charge in [-0.05, 0) is 36.5 Å². The fraction of sp³-hybridized carbons (Fsp3) is 0.800. The molecule has 0 aromatic carbocycles. The first-order valence-electron chi connectivity index (χ1n) is 8.76. The second kappa shape index (κ2) is 10.2. The maximum atomic E-state index is 2.46. The molecule has 0 radical (unpaired) electrons. The van der Waals surface area contributed by atoms with Gasteiger partial charge in [-0.15, -0.1) is 0 Å². The molecule has 0 amide bonds. The van der Waals surface area contributed by atoms with Gasteiger partial charge < -0.3 is 0 Å². The third-order valence-corrected chi connectivity index (χ3v) is 4.99. The molecule has 0 bridgehead atoms. The van der Waals surface area contributed by atoms with E-state index in [2.05, 4.69) is 66.7 Å². The molecule has 0 saturated heterocycles. The van der Waals surface area contributed by atoms with Crippen molar-refractivity contribution in [1.29, 1.82) is 0 Å². The van der Waals surface area contributed by atoms with Gasteiger partial charge in [0, 0.05) is 0 Å². The molecule has 0 aliphatic heterocycles. The summed E-state index contributed by atoms with van der Waals surface area (Å²) in [5, 5.41) is 0. The predicted molar refractivity (Wildman–Crippen MR) is 94.1 cm³/mol. The number of rotatable bonds is 10. The Hall–Kier alpha value is -0.520. The van der Waals surface area contributed by atoms with Gasteiger partial charge in [-0.3, -0.25) is 0 Å². The number of unbranched alkanes of at least 4 members (excludes halogenated alkanes) is 1. The molecular formula is C20H38. The zero-order valence-electron chi connectivity index (χ0n) is 15.1. The van der Waals surface area contributed by atoms with Crippen molar-refractivity contribution >= 4 is 0 Å². The van der Waals surface area contributed by atoms with E-state index in [9.17, 15) is 0 Å². The molecule has 0 aromatic heterocycles. The van der Waals surface area contributed by atoms with Crippen molar-refractivity contribution in [2.45, 2.75) is 87.0 Å². The van der Waals surface area contributed by atoms with E-state index in [1.54, 1.807) is 5.57 Å². The number of allylic oxidation sites excluding steroid dienone is 4. The lowest BCUT2D eigenvalue weighted by Gasteiger charge is -2.33. The summed E-state index contributed by atoms with van der Waals surface area (Å²) in [6.45, 7) is 16.3. The first kappa shape index (κ1) is 19.5. The Bertz CT molecular complexity index is 295. The molecule has 0 rings (SSSR count). The maximum absolute atomic E-state index is 2.46. The molecule has 0 aromatic rings. The van der Waals surface area contributed by atoms with Gasteiger partial charge in [-0.2, -0.15) is 0 Å². The van der Waals surface area contributed by atoms with Crippen LogP contribution < -0.4 is 0 Å². The summed E-state index contributed by atoms with van der Waals surface area (Å²) in [4.78, 5) is 0. The van der Waals surface area contributed by atoms with Crippen LogP contribution in [0, 0.1) is 17.3 Å². The van der Waals surface area contributed by atoms with E-state index in [1.807, 2.05) is 0 Å². The first-order valence-corrected chi connectivity index (χ1v) is 8.76. The van der Waals surface area contributed by atoms with Crippen molar-refractivity contribution in [2.75, 3.05) is 0 Å². The monoisotopic (exact) mass is 278 g/mol. The van der Waals surface area contributed by atoms with Crippen LogP contribution in [-0.4, -0.2) is 0 Å². The predicted octanol–water partition coefficient (Wildman–Crippen LogP) is 7.17. The van der Waals surface area contributed by atoms with Gasteiger partial charge in [0.1, 0.15) is 0 Å². The molecule has 2 unspecified atom stereocenters. The summed E-state index contributed by atoms with van der Waals surface area (Å²) in [5.74, 6) is 1.35. The standard InChI is InChI=1S/C20H38/c1-8-11-16-20(7,10-3)18(6)14-12-15-19(13-9-2)17(4)5/h12-14,17-18H,8-11,15-16H2,1-7H3/b14-12-,19-13-. The van der Waals surface area contributed by atoms with Crippen LogP contribution in [0.5, 0.6) is 0 Å². The van der Waals surface area contributed by atoms with Gasteiger partial charge in [0.05, 0.1) is 0 Å². The summed E-state index contributed by atoms with van der Waals surface area (Å²) < 4.78 is 0. The zero-order valence-corrected chi connectivity index (χ0v) is 15.1. The molecular weight excluding hydrogens is 240 g/mol. The molecule has 20 heavy (non-hydrogen) atoms. The molecule has 0 nitrogen and oxygen atoms in total. The SMILES string of the molecule is CC/C=C(/C/C=C\C(C)C(C)(CC)CCCC)C(C)C. The lowest BCUT2D eigenvalue weighted by atomic mass is 9.72. The summed E-state index contributed by atoms with van der Waals surface area (Å²) in [5.41, 5.74) is 2.06. The average Bonchev–Trinajstić information content (AvgIpc) is 2.43. The van der Waals surface area contributed by atoms with Crippen molar-refractivity contribution in [3.05, 3.63) is 23.8 Å².